The van der Waals surface area contributed by atoms with Crippen LogP contribution in [0.3, 0.4) is 0 Å². The van der Waals surface area contributed by atoms with Gasteiger partial charge in [0.25, 0.3) is 5.91 Å². The Hall–Kier alpha value is -1.77. The molecule has 2 aromatic heterocycles. The van der Waals surface area contributed by atoms with Crippen LogP contribution >= 0.6 is 11.3 Å². The molecule has 1 atom stereocenters. The number of carbonyl (C=O) groups excluding carboxylic acids is 1. The molecule has 7 nitrogen and oxygen atoms in total. The third kappa shape index (κ3) is 4.87. The van der Waals surface area contributed by atoms with Crippen molar-refractivity contribution in [1.29, 1.82) is 0 Å². The zero-order valence-corrected chi connectivity index (χ0v) is 15.0. The van der Waals surface area contributed by atoms with Gasteiger partial charge in [-0.2, -0.15) is 11.3 Å². The summed E-state index contributed by atoms with van der Waals surface area (Å²) in [5.74, 6) is -0.254. The molecule has 1 aliphatic carbocycles. The van der Waals surface area contributed by atoms with Gasteiger partial charge in [-0.3, -0.25) is 4.79 Å². The van der Waals surface area contributed by atoms with E-state index in [-0.39, 0.29) is 30.5 Å². The third-order valence-electron chi connectivity index (χ3n) is 4.77. The molecule has 1 aliphatic rings. The highest BCUT2D eigenvalue weighted by Gasteiger charge is 2.22. The Labute approximate surface area is 151 Å². The van der Waals surface area contributed by atoms with Crippen molar-refractivity contribution >= 4 is 17.2 Å². The molecular weight excluding hydrogens is 338 g/mol. The molecule has 0 aromatic carbocycles. The lowest BCUT2D eigenvalue weighted by atomic mass is 9.92. The summed E-state index contributed by atoms with van der Waals surface area (Å²) in [6.07, 6.45) is 6.36. The van der Waals surface area contributed by atoms with Gasteiger partial charge in [0.1, 0.15) is 0 Å². The highest BCUT2D eigenvalue weighted by atomic mass is 32.1. The Morgan fingerprint density at radius 1 is 1.44 bits per heavy atom. The molecule has 0 bridgehead atoms. The van der Waals surface area contributed by atoms with E-state index in [4.69, 9.17) is 5.73 Å². The van der Waals surface area contributed by atoms with Crippen molar-refractivity contribution in [3.05, 3.63) is 34.3 Å². The second kappa shape index (κ2) is 8.55. The van der Waals surface area contributed by atoms with E-state index >= 15 is 0 Å². The van der Waals surface area contributed by atoms with Crippen LogP contribution in [-0.4, -0.2) is 45.2 Å². The second-order valence-corrected chi connectivity index (χ2v) is 7.53. The molecule has 4 N–H and O–H groups in total. The van der Waals surface area contributed by atoms with Crippen molar-refractivity contribution in [2.75, 3.05) is 13.2 Å². The highest BCUT2D eigenvalue weighted by molar-refractivity contribution is 7.07. The van der Waals surface area contributed by atoms with Gasteiger partial charge in [0.15, 0.2) is 5.69 Å². The van der Waals surface area contributed by atoms with Gasteiger partial charge in [-0.1, -0.05) is 5.21 Å². The Kier molecular flexibility index (Phi) is 6.17. The average molecular weight is 363 g/mol. The predicted octanol–water partition coefficient (Wildman–Crippen LogP) is 1.36. The minimum Gasteiger partial charge on any atom is -0.396 e. The minimum absolute atomic E-state index is 0.00609. The van der Waals surface area contributed by atoms with Crippen molar-refractivity contribution in [2.45, 2.75) is 44.2 Å². The summed E-state index contributed by atoms with van der Waals surface area (Å²) in [5, 5.41) is 24.6. The fourth-order valence-corrected chi connectivity index (χ4v) is 3.88. The lowest BCUT2D eigenvalue weighted by Crippen LogP contribution is -2.32. The Morgan fingerprint density at radius 3 is 2.92 bits per heavy atom. The topological polar surface area (TPSA) is 106 Å². The molecule has 1 saturated carbocycles. The van der Waals surface area contributed by atoms with Crippen LogP contribution in [0.4, 0.5) is 0 Å². The summed E-state index contributed by atoms with van der Waals surface area (Å²) in [6.45, 7) is 0.446. The number of nitrogens with one attached hydrogen (secondary N) is 1. The summed E-state index contributed by atoms with van der Waals surface area (Å²) in [4.78, 5) is 12.3. The van der Waals surface area contributed by atoms with Crippen LogP contribution in [0.25, 0.3) is 0 Å². The zero-order valence-electron chi connectivity index (χ0n) is 14.2. The molecule has 0 radical (unpaired) electrons. The van der Waals surface area contributed by atoms with Crippen LogP contribution in [0.2, 0.25) is 0 Å². The Balaban J connectivity index is 1.51. The van der Waals surface area contributed by atoms with Gasteiger partial charge in [-0.05, 0) is 54.5 Å². The maximum absolute atomic E-state index is 12.3. The lowest BCUT2D eigenvalue weighted by Gasteiger charge is -2.25. The van der Waals surface area contributed by atoms with E-state index in [9.17, 15) is 9.90 Å². The van der Waals surface area contributed by atoms with Crippen LogP contribution in [0.1, 0.15) is 47.8 Å². The first kappa shape index (κ1) is 18.0. The molecule has 25 heavy (non-hydrogen) atoms. The van der Waals surface area contributed by atoms with Crippen molar-refractivity contribution < 1.29 is 9.90 Å². The lowest BCUT2D eigenvalue weighted by molar-refractivity contribution is 0.0935. The van der Waals surface area contributed by atoms with Crippen molar-refractivity contribution in [1.82, 2.24) is 20.3 Å². The van der Waals surface area contributed by atoms with E-state index in [2.05, 4.69) is 21.0 Å². The highest BCUT2D eigenvalue weighted by Crippen LogP contribution is 2.26. The normalized spacial score (nSPS) is 21.8. The van der Waals surface area contributed by atoms with E-state index < -0.39 is 0 Å². The van der Waals surface area contributed by atoms with Crippen LogP contribution in [-0.2, 0) is 6.42 Å². The zero-order chi connectivity index (χ0) is 17.6. The summed E-state index contributed by atoms with van der Waals surface area (Å²) >= 11 is 1.63. The number of hydrogen-bond donors (Lipinski definition) is 3. The summed E-state index contributed by atoms with van der Waals surface area (Å²) in [6, 6.07) is 2.59. The van der Waals surface area contributed by atoms with E-state index in [0.29, 0.717) is 12.2 Å². The van der Waals surface area contributed by atoms with Crippen molar-refractivity contribution in [3.8, 4) is 0 Å². The van der Waals surface area contributed by atoms with Crippen LogP contribution in [0.15, 0.2) is 23.0 Å². The van der Waals surface area contributed by atoms with Crippen LogP contribution < -0.4 is 11.1 Å². The molecule has 2 heterocycles. The molecule has 0 unspecified atom stereocenters. The Morgan fingerprint density at radius 2 is 2.24 bits per heavy atom. The molecule has 3 rings (SSSR count). The van der Waals surface area contributed by atoms with Gasteiger partial charge in [-0.25, -0.2) is 4.68 Å². The summed E-state index contributed by atoms with van der Waals surface area (Å²) in [7, 11) is 0. The first-order chi connectivity index (χ1) is 12.2. The van der Waals surface area contributed by atoms with Crippen molar-refractivity contribution in [3.63, 3.8) is 0 Å². The number of aliphatic hydroxyl groups is 1. The smallest absolute Gasteiger partial charge is 0.273 e. The molecule has 136 valence electrons. The number of rotatable bonds is 7. The van der Waals surface area contributed by atoms with Gasteiger partial charge in [-0.15, -0.1) is 5.10 Å². The number of carbonyl (C=O) groups is 1. The molecule has 8 heteroatoms. The van der Waals surface area contributed by atoms with Gasteiger partial charge in [0.2, 0.25) is 0 Å². The van der Waals surface area contributed by atoms with Gasteiger partial charge >= 0.3 is 0 Å². The molecular formula is C17H25N5O2S. The fraction of sp³-hybridized carbons (Fsp3) is 0.588. The maximum Gasteiger partial charge on any atom is 0.273 e. The number of amides is 1. The first-order valence-electron chi connectivity index (χ1n) is 8.73. The van der Waals surface area contributed by atoms with E-state index in [1.54, 1.807) is 22.2 Å². The predicted molar refractivity (Wildman–Crippen MR) is 96.4 cm³/mol. The molecule has 0 saturated heterocycles. The number of hydrogen-bond acceptors (Lipinski definition) is 6. The van der Waals surface area contributed by atoms with Crippen LogP contribution in [0.5, 0.6) is 0 Å². The number of thiophene rings is 1. The minimum atomic E-state index is -0.248. The molecule has 1 amide bonds. The van der Waals surface area contributed by atoms with E-state index in [0.717, 1.165) is 32.1 Å². The van der Waals surface area contributed by atoms with E-state index in [1.807, 2.05) is 11.4 Å². The van der Waals surface area contributed by atoms with E-state index in [1.165, 1.54) is 5.56 Å². The maximum atomic E-state index is 12.3. The van der Waals surface area contributed by atoms with Crippen LogP contribution in [0, 0.1) is 5.92 Å². The largest absolute Gasteiger partial charge is 0.396 e. The fourth-order valence-electron chi connectivity index (χ4n) is 3.20. The van der Waals surface area contributed by atoms with Gasteiger partial charge in [0.05, 0.1) is 12.2 Å². The molecule has 0 aliphatic heterocycles. The molecule has 1 fully saturated rings. The summed E-state index contributed by atoms with van der Waals surface area (Å²) < 4.78 is 1.79. The number of nitrogens with two attached hydrogens (primary N) is 1. The molecule has 2 aromatic rings. The Bertz CT molecular complexity index is 664. The standard InChI is InChI=1S/C17H25N5O2S/c18-14-1-3-15(4-2-14)22-9-16(20-21-22)17(24)19-8-13(10-23)7-12-5-6-25-11-12/h5-6,9,11,13-15,23H,1-4,7-8,10,18H2,(H,19,24)/t13-,14?,15?/m1/s1. The SMILES string of the molecule is NC1CCC(n2cc(C(=O)NC[C@H](CO)Cc3ccsc3)nn2)CC1. The summed E-state index contributed by atoms with van der Waals surface area (Å²) in [5.41, 5.74) is 7.43. The monoisotopic (exact) mass is 363 g/mol. The molecule has 0 spiro atoms. The number of aromatic nitrogens is 3. The third-order valence-corrected chi connectivity index (χ3v) is 5.50. The first-order valence-corrected chi connectivity index (χ1v) is 9.67. The number of nitrogens with zero attached hydrogens (tertiary/aromatic N) is 3. The quantitative estimate of drug-likeness (QED) is 0.689. The van der Waals surface area contributed by atoms with Crippen molar-refractivity contribution in [2.24, 2.45) is 11.7 Å². The second-order valence-electron chi connectivity index (χ2n) is 6.75. The average Bonchev–Trinajstić information content (AvgIpc) is 3.30. The number of aliphatic hydroxyl groups excluding tert-OH is 1. The van der Waals surface area contributed by atoms with Gasteiger partial charge < -0.3 is 16.2 Å². The van der Waals surface area contributed by atoms with Gasteiger partial charge in [0, 0.05) is 25.1 Å².